The van der Waals surface area contributed by atoms with Gasteiger partial charge in [-0.05, 0) is 18.6 Å². The summed E-state index contributed by atoms with van der Waals surface area (Å²) in [6, 6.07) is 7.55. The molecule has 0 spiro atoms. The zero-order valence-corrected chi connectivity index (χ0v) is 10.5. The van der Waals surface area contributed by atoms with Crippen molar-refractivity contribution in [2.75, 3.05) is 0 Å². The zero-order chi connectivity index (χ0) is 13.1. The van der Waals surface area contributed by atoms with E-state index in [-0.39, 0.29) is 12.3 Å². The summed E-state index contributed by atoms with van der Waals surface area (Å²) < 4.78 is 0. The molecule has 2 N–H and O–H groups in total. The van der Waals surface area contributed by atoms with Gasteiger partial charge in [-0.2, -0.15) is 0 Å². The maximum absolute atomic E-state index is 11.5. The molecule has 94 valence electrons. The molecule has 1 heterocycles. The molecule has 1 aliphatic heterocycles. The Labute approximate surface area is 108 Å². The summed E-state index contributed by atoms with van der Waals surface area (Å²) in [6.45, 7) is 1.93. The molecule has 0 aliphatic carbocycles. The second-order valence-corrected chi connectivity index (χ2v) is 5.09. The van der Waals surface area contributed by atoms with Crippen LogP contribution in [0.1, 0.15) is 12.0 Å². The number of carbonyl (C=O) groups is 2. The third kappa shape index (κ3) is 2.89. The van der Waals surface area contributed by atoms with Crippen molar-refractivity contribution in [3.63, 3.8) is 0 Å². The van der Waals surface area contributed by atoms with Gasteiger partial charge in [-0.1, -0.05) is 30.0 Å². The molecule has 1 fully saturated rings. The predicted octanol–water partition coefficient (Wildman–Crippen LogP) is 1.69. The van der Waals surface area contributed by atoms with E-state index in [9.17, 15) is 9.59 Å². The zero-order valence-electron chi connectivity index (χ0n) is 9.71. The minimum atomic E-state index is -0.986. The summed E-state index contributed by atoms with van der Waals surface area (Å²) in [7, 11) is 0. The van der Waals surface area contributed by atoms with Crippen LogP contribution in [0, 0.1) is 6.92 Å². The number of thioether (sulfide) groups is 1. The number of rotatable bonds is 3. The minimum Gasteiger partial charge on any atom is -0.481 e. The van der Waals surface area contributed by atoms with E-state index >= 15 is 0 Å². The lowest BCUT2D eigenvalue weighted by Gasteiger charge is -2.00. The molecule has 1 saturated heterocycles. The molecule has 1 aromatic carbocycles. The first-order valence-electron chi connectivity index (χ1n) is 5.40. The molecular formula is C12H12N2O3S. The number of hydrogen-bond donors (Lipinski definition) is 2. The van der Waals surface area contributed by atoms with Crippen LogP contribution in [0.5, 0.6) is 0 Å². The van der Waals surface area contributed by atoms with Gasteiger partial charge in [0.2, 0.25) is 5.91 Å². The van der Waals surface area contributed by atoms with Gasteiger partial charge in [0.05, 0.1) is 12.1 Å². The van der Waals surface area contributed by atoms with E-state index in [4.69, 9.17) is 5.11 Å². The number of nitrogens with zero attached hydrogens (tertiary/aromatic N) is 1. The number of para-hydroxylation sites is 1. The van der Waals surface area contributed by atoms with Crippen molar-refractivity contribution in [3.8, 4) is 0 Å². The van der Waals surface area contributed by atoms with Gasteiger partial charge in [-0.3, -0.25) is 9.59 Å². The molecule has 6 heteroatoms. The fourth-order valence-electron chi connectivity index (χ4n) is 1.55. The third-order valence-electron chi connectivity index (χ3n) is 2.47. The van der Waals surface area contributed by atoms with Crippen LogP contribution in [0.2, 0.25) is 0 Å². The van der Waals surface area contributed by atoms with Crippen molar-refractivity contribution in [2.24, 2.45) is 4.99 Å². The molecule has 1 aromatic rings. The smallest absolute Gasteiger partial charge is 0.305 e. The molecule has 1 unspecified atom stereocenters. The van der Waals surface area contributed by atoms with Gasteiger partial charge in [0.25, 0.3) is 0 Å². The molecule has 18 heavy (non-hydrogen) atoms. The number of amides is 1. The monoisotopic (exact) mass is 264 g/mol. The fourth-order valence-corrected chi connectivity index (χ4v) is 2.52. The van der Waals surface area contributed by atoms with E-state index in [1.54, 1.807) is 0 Å². The highest BCUT2D eigenvalue weighted by atomic mass is 32.2. The third-order valence-corrected chi connectivity index (χ3v) is 3.56. The fraction of sp³-hybridized carbons (Fsp3) is 0.250. The van der Waals surface area contributed by atoms with Gasteiger partial charge in [-0.25, -0.2) is 4.99 Å². The topological polar surface area (TPSA) is 78.8 Å². The van der Waals surface area contributed by atoms with Crippen LogP contribution in [-0.2, 0) is 9.59 Å². The Balaban J connectivity index is 2.15. The van der Waals surface area contributed by atoms with E-state index in [1.807, 2.05) is 31.2 Å². The number of aliphatic imine (C=N–C) groups is 1. The lowest BCUT2D eigenvalue weighted by molar-refractivity contribution is -0.138. The van der Waals surface area contributed by atoms with Crippen molar-refractivity contribution < 1.29 is 14.7 Å². The van der Waals surface area contributed by atoms with Crippen molar-refractivity contribution in [2.45, 2.75) is 18.6 Å². The summed E-state index contributed by atoms with van der Waals surface area (Å²) in [4.78, 5) is 26.4. The van der Waals surface area contributed by atoms with Crippen LogP contribution in [0.4, 0.5) is 5.69 Å². The molecule has 0 radical (unpaired) electrons. The number of benzene rings is 1. The molecule has 1 amide bonds. The molecular weight excluding hydrogens is 252 g/mol. The molecule has 1 aliphatic rings. The first-order chi connectivity index (χ1) is 8.56. The van der Waals surface area contributed by atoms with E-state index in [2.05, 4.69) is 10.3 Å². The Bertz CT molecular complexity index is 528. The number of amidine groups is 1. The van der Waals surface area contributed by atoms with Gasteiger partial charge in [0, 0.05) is 0 Å². The summed E-state index contributed by atoms with van der Waals surface area (Å²) >= 11 is 1.16. The van der Waals surface area contributed by atoms with Crippen molar-refractivity contribution in [1.29, 1.82) is 0 Å². The largest absolute Gasteiger partial charge is 0.481 e. The van der Waals surface area contributed by atoms with Gasteiger partial charge >= 0.3 is 5.97 Å². The van der Waals surface area contributed by atoms with Crippen molar-refractivity contribution in [3.05, 3.63) is 29.8 Å². The Kier molecular flexibility index (Phi) is 3.66. The standard InChI is InChI=1S/C12H12N2O3S/c1-7-4-2-3-5-8(7)13-12-14-11(17)9(18-12)6-10(15)16/h2-5,9H,6H2,1H3,(H,15,16)(H,13,14,17). The summed E-state index contributed by atoms with van der Waals surface area (Å²) in [6.07, 6.45) is -0.191. The highest BCUT2D eigenvalue weighted by Gasteiger charge is 2.32. The molecule has 2 rings (SSSR count). The summed E-state index contributed by atoms with van der Waals surface area (Å²) in [5.41, 5.74) is 1.78. The van der Waals surface area contributed by atoms with Gasteiger partial charge in [0.15, 0.2) is 5.17 Å². The summed E-state index contributed by atoms with van der Waals surface area (Å²) in [5.74, 6) is -1.28. The summed E-state index contributed by atoms with van der Waals surface area (Å²) in [5, 5.41) is 11.1. The Morgan fingerprint density at radius 2 is 2.22 bits per heavy atom. The highest BCUT2D eigenvalue weighted by Crippen LogP contribution is 2.26. The van der Waals surface area contributed by atoms with Crippen LogP contribution in [-0.4, -0.2) is 27.4 Å². The lowest BCUT2D eigenvalue weighted by Crippen LogP contribution is -2.26. The first-order valence-corrected chi connectivity index (χ1v) is 6.28. The average molecular weight is 264 g/mol. The number of carboxylic acids is 1. The maximum atomic E-state index is 11.5. The number of aryl methyl sites for hydroxylation is 1. The predicted molar refractivity (Wildman–Crippen MR) is 70.0 cm³/mol. The molecule has 0 aromatic heterocycles. The highest BCUT2D eigenvalue weighted by molar-refractivity contribution is 8.15. The lowest BCUT2D eigenvalue weighted by atomic mass is 10.2. The number of nitrogens with one attached hydrogen (secondary N) is 1. The Morgan fingerprint density at radius 1 is 1.50 bits per heavy atom. The second kappa shape index (κ2) is 5.22. The quantitative estimate of drug-likeness (QED) is 0.870. The van der Waals surface area contributed by atoms with Crippen molar-refractivity contribution in [1.82, 2.24) is 5.32 Å². The minimum absolute atomic E-state index is 0.191. The normalized spacial score (nSPS) is 21.1. The number of aliphatic carboxylic acids is 1. The number of carboxylic acid groups (broad SMARTS) is 1. The first kappa shape index (κ1) is 12.6. The molecule has 5 nitrogen and oxygen atoms in total. The van der Waals surface area contributed by atoms with Crippen LogP contribution in [0.3, 0.4) is 0 Å². The Hall–Kier alpha value is -1.82. The van der Waals surface area contributed by atoms with Crippen LogP contribution < -0.4 is 5.32 Å². The molecule has 1 atom stereocenters. The van der Waals surface area contributed by atoms with Gasteiger partial charge in [-0.15, -0.1) is 0 Å². The number of carbonyl (C=O) groups excluding carboxylic acids is 1. The maximum Gasteiger partial charge on any atom is 0.305 e. The molecule has 0 bridgehead atoms. The van der Waals surface area contributed by atoms with E-state index in [1.165, 1.54) is 0 Å². The Morgan fingerprint density at radius 3 is 2.89 bits per heavy atom. The van der Waals surface area contributed by atoms with E-state index in [0.29, 0.717) is 5.17 Å². The average Bonchev–Trinajstić information content (AvgIpc) is 2.62. The van der Waals surface area contributed by atoms with Gasteiger partial charge in [0.1, 0.15) is 5.25 Å². The van der Waals surface area contributed by atoms with Crippen LogP contribution in [0.15, 0.2) is 29.3 Å². The van der Waals surface area contributed by atoms with Crippen LogP contribution in [0.25, 0.3) is 0 Å². The van der Waals surface area contributed by atoms with E-state index in [0.717, 1.165) is 23.0 Å². The number of hydrogen-bond acceptors (Lipinski definition) is 4. The second-order valence-electron chi connectivity index (χ2n) is 3.90. The SMILES string of the molecule is Cc1ccccc1N=C1NC(=O)C(CC(=O)O)S1. The van der Waals surface area contributed by atoms with E-state index < -0.39 is 11.2 Å². The van der Waals surface area contributed by atoms with Crippen LogP contribution >= 0.6 is 11.8 Å². The van der Waals surface area contributed by atoms with Gasteiger partial charge < -0.3 is 10.4 Å². The van der Waals surface area contributed by atoms with Crippen molar-refractivity contribution >= 4 is 34.5 Å². The molecule has 0 saturated carbocycles.